The first-order valence-corrected chi connectivity index (χ1v) is 8.66. The normalized spacial score (nSPS) is 23.8. The van der Waals surface area contributed by atoms with Crippen molar-refractivity contribution in [2.24, 2.45) is 11.8 Å². The van der Waals surface area contributed by atoms with Crippen LogP contribution in [0, 0.1) is 11.8 Å². The average Bonchev–Trinajstić information content (AvgIpc) is 2.53. The molecular formula is C19H32N2. The second-order valence-electron chi connectivity index (χ2n) is 6.71. The van der Waals surface area contributed by atoms with Crippen molar-refractivity contribution in [1.82, 2.24) is 5.32 Å². The van der Waals surface area contributed by atoms with Crippen LogP contribution in [-0.2, 0) is 0 Å². The van der Waals surface area contributed by atoms with Gasteiger partial charge in [-0.2, -0.15) is 0 Å². The summed E-state index contributed by atoms with van der Waals surface area (Å²) >= 11 is 0. The summed E-state index contributed by atoms with van der Waals surface area (Å²) in [7, 11) is 4.24. The molecule has 1 atom stereocenters. The number of nitrogens with zero attached hydrogens (tertiary/aromatic N) is 1. The van der Waals surface area contributed by atoms with Crippen molar-refractivity contribution in [2.45, 2.75) is 52.0 Å². The quantitative estimate of drug-likeness (QED) is 0.821. The SMILES string of the molecule is CCNC(c1cccc(N(C)C)c1)C1CCC(CC)CC1. The van der Waals surface area contributed by atoms with Gasteiger partial charge in [0, 0.05) is 25.8 Å². The minimum Gasteiger partial charge on any atom is -0.378 e. The Kier molecular flexibility index (Phi) is 6.10. The Morgan fingerprint density at radius 3 is 2.43 bits per heavy atom. The average molecular weight is 288 g/mol. The molecule has 2 nitrogen and oxygen atoms in total. The van der Waals surface area contributed by atoms with Crippen LogP contribution in [0.4, 0.5) is 5.69 Å². The molecule has 1 N–H and O–H groups in total. The smallest absolute Gasteiger partial charge is 0.0364 e. The first-order chi connectivity index (χ1) is 10.2. The summed E-state index contributed by atoms with van der Waals surface area (Å²) < 4.78 is 0. The molecule has 1 unspecified atom stereocenters. The van der Waals surface area contributed by atoms with E-state index in [1.54, 1.807) is 0 Å². The molecule has 0 radical (unpaired) electrons. The predicted molar refractivity (Wildman–Crippen MR) is 92.9 cm³/mol. The summed E-state index contributed by atoms with van der Waals surface area (Å²) in [4.78, 5) is 2.19. The van der Waals surface area contributed by atoms with Crippen molar-refractivity contribution < 1.29 is 0 Å². The maximum Gasteiger partial charge on any atom is 0.0364 e. The summed E-state index contributed by atoms with van der Waals surface area (Å²) in [6, 6.07) is 9.58. The van der Waals surface area contributed by atoms with E-state index in [0.29, 0.717) is 6.04 Å². The molecule has 0 heterocycles. The molecular weight excluding hydrogens is 256 g/mol. The van der Waals surface area contributed by atoms with Gasteiger partial charge in [-0.1, -0.05) is 45.2 Å². The molecule has 0 bridgehead atoms. The van der Waals surface area contributed by atoms with Gasteiger partial charge in [0.05, 0.1) is 0 Å². The Morgan fingerprint density at radius 1 is 1.14 bits per heavy atom. The van der Waals surface area contributed by atoms with Gasteiger partial charge < -0.3 is 10.2 Å². The molecule has 2 rings (SSSR count). The number of rotatable bonds is 6. The molecule has 1 saturated carbocycles. The van der Waals surface area contributed by atoms with Gasteiger partial charge in [-0.25, -0.2) is 0 Å². The zero-order chi connectivity index (χ0) is 15.2. The van der Waals surface area contributed by atoms with Crippen LogP contribution < -0.4 is 10.2 Å². The first kappa shape index (κ1) is 16.4. The first-order valence-electron chi connectivity index (χ1n) is 8.66. The van der Waals surface area contributed by atoms with E-state index in [1.807, 2.05) is 0 Å². The molecule has 118 valence electrons. The van der Waals surface area contributed by atoms with Crippen LogP contribution in [0.3, 0.4) is 0 Å². The Bertz CT molecular complexity index is 419. The lowest BCUT2D eigenvalue weighted by Crippen LogP contribution is -2.31. The van der Waals surface area contributed by atoms with Gasteiger partial charge in [0.2, 0.25) is 0 Å². The molecule has 1 aliphatic rings. The highest BCUT2D eigenvalue weighted by molar-refractivity contribution is 5.48. The second kappa shape index (κ2) is 7.84. The number of anilines is 1. The van der Waals surface area contributed by atoms with Crippen LogP contribution in [0.15, 0.2) is 24.3 Å². The maximum absolute atomic E-state index is 3.75. The third-order valence-corrected chi connectivity index (χ3v) is 5.11. The molecule has 0 aromatic heterocycles. The zero-order valence-electron chi connectivity index (χ0n) is 14.2. The van der Waals surface area contributed by atoms with Gasteiger partial charge >= 0.3 is 0 Å². The number of nitrogens with one attached hydrogen (secondary N) is 1. The van der Waals surface area contributed by atoms with Gasteiger partial charge in [0.1, 0.15) is 0 Å². The Hall–Kier alpha value is -1.02. The largest absolute Gasteiger partial charge is 0.378 e. The van der Waals surface area contributed by atoms with Gasteiger partial charge in [-0.3, -0.25) is 0 Å². The van der Waals surface area contributed by atoms with Crippen molar-refractivity contribution in [2.75, 3.05) is 25.5 Å². The van der Waals surface area contributed by atoms with Gasteiger partial charge in [0.15, 0.2) is 0 Å². The predicted octanol–water partition coefficient (Wildman–Crippen LogP) is 4.62. The van der Waals surface area contributed by atoms with Crippen molar-refractivity contribution in [1.29, 1.82) is 0 Å². The molecule has 0 amide bonds. The van der Waals surface area contributed by atoms with Gasteiger partial charge in [0.25, 0.3) is 0 Å². The summed E-state index contributed by atoms with van der Waals surface area (Å²) in [6.45, 7) is 5.61. The fourth-order valence-electron chi connectivity index (χ4n) is 3.70. The lowest BCUT2D eigenvalue weighted by Gasteiger charge is -2.34. The molecule has 2 heteroatoms. The fraction of sp³-hybridized carbons (Fsp3) is 0.684. The van der Waals surface area contributed by atoms with Crippen molar-refractivity contribution in [3.63, 3.8) is 0 Å². The molecule has 1 aromatic carbocycles. The van der Waals surface area contributed by atoms with Crippen LogP contribution in [-0.4, -0.2) is 20.6 Å². The molecule has 1 aromatic rings. The fourth-order valence-corrected chi connectivity index (χ4v) is 3.70. The zero-order valence-corrected chi connectivity index (χ0v) is 14.2. The summed E-state index contributed by atoms with van der Waals surface area (Å²) in [5.74, 6) is 1.77. The van der Waals surface area contributed by atoms with Crippen LogP contribution in [0.25, 0.3) is 0 Å². The van der Waals surface area contributed by atoms with E-state index < -0.39 is 0 Å². The van der Waals surface area contributed by atoms with Gasteiger partial charge in [-0.05, 0) is 48.9 Å². The molecule has 0 aliphatic heterocycles. The van der Waals surface area contributed by atoms with Crippen LogP contribution in [0.2, 0.25) is 0 Å². The highest BCUT2D eigenvalue weighted by atomic mass is 15.1. The van der Waals surface area contributed by atoms with E-state index in [2.05, 4.69) is 62.4 Å². The maximum atomic E-state index is 3.75. The van der Waals surface area contributed by atoms with E-state index in [1.165, 1.54) is 43.4 Å². The number of benzene rings is 1. The van der Waals surface area contributed by atoms with Crippen molar-refractivity contribution in [3.8, 4) is 0 Å². The van der Waals surface area contributed by atoms with E-state index >= 15 is 0 Å². The van der Waals surface area contributed by atoms with Crippen LogP contribution in [0.1, 0.15) is 57.6 Å². The minimum absolute atomic E-state index is 0.521. The van der Waals surface area contributed by atoms with E-state index in [9.17, 15) is 0 Å². The van der Waals surface area contributed by atoms with Crippen LogP contribution >= 0.6 is 0 Å². The standard InChI is InChI=1S/C19H32N2/c1-5-15-10-12-16(13-11-15)19(20-6-2)17-8-7-9-18(14-17)21(3)4/h7-9,14-16,19-20H,5-6,10-13H2,1-4H3. The molecule has 1 fully saturated rings. The number of hydrogen-bond donors (Lipinski definition) is 1. The lowest BCUT2D eigenvalue weighted by molar-refractivity contribution is 0.220. The topological polar surface area (TPSA) is 15.3 Å². The van der Waals surface area contributed by atoms with E-state index in [4.69, 9.17) is 0 Å². The molecule has 21 heavy (non-hydrogen) atoms. The summed E-state index contributed by atoms with van der Waals surface area (Å²) in [5.41, 5.74) is 2.76. The van der Waals surface area contributed by atoms with E-state index in [0.717, 1.165) is 18.4 Å². The monoisotopic (exact) mass is 288 g/mol. The van der Waals surface area contributed by atoms with Crippen LogP contribution in [0.5, 0.6) is 0 Å². The van der Waals surface area contributed by atoms with Crippen molar-refractivity contribution in [3.05, 3.63) is 29.8 Å². The third-order valence-electron chi connectivity index (χ3n) is 5.11. The molecule has 0 saturated heterocycles. The van der Waals surface area contributed by atoms with E-state index in [-0.39, 0.29) is 0 Å². The lowest BCUT2D eigenvalue weighted by atomic mass is 9.76. The summed E-state index contributed by atoms with van der Waals surface area (Å²) in [6.07, 6.45) is 6.94. The Balaban J connectivity index is 2.13. The highest BCUT2D eigenvalue weighted by Crippen LogP contribution is 2.38. The third kappa shape index (κ3) is 4.23. The number of hydrogen-bond acceptors (Lipinski definition) is 2. The minimum atomic E-state index is 0.521. The van der Waals surface area contributed by atoms with Gasteiger partial charge in [-0.15, -0.1) is 0 Å². The Morgan fingerprint density at radius 2 is 1.86 bits per heavy atom. The second-order valence-corrected chi connectivity index (χ2v) is 6.71. The highest BCUT2D eigenvalue weighted by Gasteiger charge is 2.27. The summed E-state index contributed by atoms with van der Waals surface area (Å²) in [5, 5.41) is 3.75. The Labute approximate surface area is 130 Å². The molecule has 0 spiro atoms. The molecule has 1 aliphatic carbocycles. The van der Waals surface area contributed by atoms with Crippen molar-refractivity contribution >= 4 is 5.69 Å².